The van der Waals surface area contributed by atoms with Gasteiger partial charge in [0, 0.05) is 10.9 Å². The fourth-order valence-electron chi connectivity index (χ4n) is 3.39. The van der Waals surface area contributed by atoms with Gasteiger partial charge in [-0.2, -0.15) is 34.8 Å². The van der Waals surface area contributed by atoms with Gasteiger partial charge in [-0.1, -0.05) is 64.7 Å². The Kier molecular flexibility index (Phi) is 8.74. The summed E-state index contributed by atoms with van der Waals surface area (Å²) in [6.45, 7) is 2.04. The van der Waals surface area contributed by atoms with E-state index in [1.165, 1.54) is 0 Å². The summed E-state index contributed by atoms with van der Waals surface area (Å²) < 4.78 is 140. The van der Waals surface area contributed by atoms with E-state index in [-0.39, 0.29) is 6.42 Å². The second kappa shape index (κ2) is 9.68. The summed E-state index contributed by atoms with van der Waals surface area (Å²) in [6, 6.07) is 0. The minimum absolute atomic E-state index is 0.102. The second-order valence-electron chi connectivity index (χ2n) is 7.41. The fourth-order valence-corrected chi connectivity index (χ4v) is 4.23. The van der Waals surface area contributed by atoms with Gasteiger partial charge in [0.15, 0.2) is 0 Å². The first kappa shape index (κ1) is 27.1. The van der Waals surface area contributed by atoms with Crippen molar-refractivity contribution in [3.05, 3.63) is 11.8 Å². The number of halogens is 8. The van der Waals surface area contributed by atoms with Crippen molar-refractivity contribution < 1.29 is 52.3 Å². The van der Waals surface area contributed by atoms with Gasteiger partial charge in [-0.05, 0) is 6.42 Å². The van der Waals surface area contributed by atoms with Crippen LogP contribution in [0.3, 0.4) is 0 Å². The molecule has 30 heavy (non-hydrogen) atoms. The summed E-state index contributed by atoms with van der Waals surface area (Å²) in [5, 5.41) is 0. The molecule has 1 aliphatic heterocycles. The Morgan fingerprint density at radius 3 is 1.63 bits per heavy atom. The van der Waals surface area contributed by atoms with Gasteiger partial charge in [-0.25, -0.2) is 0 Å². The van der Waals surface area contributed by atoms with Crippen LogP contribution < -0.4 is 0 Å². The molecule has 0 spiro atoms. The van der Waals surface area contributed by atoms with Crippen LogP contribution in [-0.2, 0) is 10.3 Å². The summed E-state index contributed by atoms with van der Waals surface area (Å²) in [5.74, 6) is -25.6. The molecule has 0 radical (unpaired) electrons. The maximum Gasteiger partial charge on any atom is 0.405 e. The third-order valence-corrected chi connectivity index (χ3v) is 6.28. The number of nitrogens with zero attached hydrogens (tertiary/aromatic N) is 1. The highest BCUT2D eigenvalue weighted by Crippen LogP contribution is 2.62. The van der Waals surface area contributed by atoms with Gasteiger partial charge in [0.2, 0.25) is 0 Å². The largest absolute Gasteiger partial charge is 0.698 e. The molecule has 4 nitrogen and oxygen atoms in total. The Balaban J connectivity index is 2.92. The number of rotatable bonds is 12. The van der Waals surface area contributed by atoms with E-state index in [1.54, 1.807) is 0 Å². The van der Waals surface area contributed by atoms with E-state index in [9.17, 15) is 48.2 Å². The van der Waals surface area contributed by atoms with Crippen molar-refractivity contribution in [1.82, 2.24) is 0 Å². The molecule has 0 saturated carbocycles. The Morgan fingerprint density at radius 1 is 0.833 bits per heavy atom. The van der Waals surface area contributed by atoms with E-state index in [2.05, 4.69) is 0 Å². The number of allylic oxidation sites excluding steroid dienone is 1. The van der Waals surface area contributed by atoms with E-state index in [0.29, 0.717) is 12.8 Å². The lowest BCUT2D eigenvalue weighted by Crippen LogP contribution is -2.74. The zero-order chi connectivity index (χ0) is 23.4. The molecular formula is C17H25F8NO3S. The molecule has 1 aliphatic rings. The van der Waals surface area contributed by atoms with Crippen molar-refractivity contribution >= 4 is 10.3 Å². The van der Waals surface area contributed by atoms with E-state index < -0.39 is 56.7 Å². The van der Waals surface area contributed by atoms with Crippen molar-refractivity contribution in [3.8, 4) is 0 Å². The molecular weight excluding hydrogens is 450 g/mol. The molecule has 0 bridgehead atoms. The normalized spacial score (nSPS) is 28.7. The molecule has 1 rings (SSSR count). The third-order valence-electron chi connectivity index (χ3n) is 5.21. The first-order valence-corrected chi connectivity index (χ1v) is 11.0. The van der Waals surface area contributed by atoms with Crippen LogP contribution in [0.5, 0.6) is 0 Å². The van der Waals surface area contributed by atoms with Crippen molar-refractivity contribution in [3.63, 3.8) is 0 Å². The molecule has 0 N–H and O–H groups in total. The summed E-state index contributed by atoms with van der Waals surface area (Å²) in [4.78, 5) is 0. The molecule has 0 fully saturated rings. The molecule has 1 heterocycles. The smallest absolute Gasteiger partial charge is 0.405 e. The Bertz CT molecular complexity index is 731. The maximum atomic E-state index is 14.9. The Labute approximate surface area is 170 Å². The van der Waals surface area contributed by atoms with Crippen LogP contribution in [0.4, 0.5) is 35.2 Å². The van der Waals surface area contributed by atoms with E-state index in [1.807, 2.05) is 6.92 Å². The molecule has 0 aliphatic carbocycles. The standard InChI is InChI=1S/C17H25F8NO3S/c1-2-3-4-5-6-7-8-9-10-11-12-15(20)17(23,24)16(21,22)13(18)14(19)26(15,25)30(27,28)29/h2-12H2,1H3. The molecule has 2 atom stereocenters. The molecule has 0 aromatic rings. The summed E-state index contributed by atoms with van der Waals surface area (Å²) in [5.41, 5.74) is 0. The van der Waals surface area contributed by atoms with Gasteiger partial charge in [0.25, 0.3) is 5.83 Å². The monoisotopic (exact) mass is 475 g/mol. The number of unbranched alkanes of at least 4 members (excludes halogenated alkanes) is 9. The summed E-state index contributed by atoms with van der Waals surface area (Å²) >= 11 is 0. The van der Waals surface area contributed by atoms with Crippen molar-refractivity contribution in [2.75, 3.05) is 0 Å². The molecule has 0 aromatic heterocycles. The van der Waals surface area contributed by atoms with E-state index in [0.717, 1.165) is 38.5 Å². The zero-order valence-corrected chi connectivity index (χ0v) is 17.2. The first-order chi connectivity index (χ1) is 13.6. The molecule has 0 saturated heterocycles. The van der Waals surface area contributed by atoms with Crippen LogP contribution in [0.1, 0.15) is 77.6 Å². The topological polar surface area (TPSA) is 57.2 Å². The van der Waals surface area contributed by atoms with Gasteiger partial charge < -0.3 is 4.55 Å². The van der Waals surface area contributed by atoms with Crippen molar-refractivity contribution in [1.29, 1.82) is 0 Å². The van der Waals surface area contributed by atoms with Crippen molar-refractivity contribution in [2.45, 2.75) is 95.2 Å². The number of hydrogen-bond donors (Lipinski definition) is 0. The molecule has 0 amide bonds. The Morgan fingerprint density at radius 2 is 1.23 bits per heavy atom. The van der Waals surface area contributed by atoms with Gasteiger partial charge in [-0.3, -0.25) is 0 Å². The highest BCUT2D eigenvalue weighted by molar-refractivity contribution is 7.80. The fraction of sp³-hybridized carbons (Fsp3) is 0.882. The van der Waals surface area contributed by atoms with E-state index >= 15 is 0 Å². The zero-order valence-electron chi connectivity index (χ0n) is 16.4. The van der Waals surface area contributed by atoms with Crippen molar-refractivity contribution in [2.24, 2.45) is 0 Å². The lowest BCUT2D eigenvalue weighted by Gasteiger charge is -2.45. The van der Waals surface area contributed by atoms with E-state index in [4.69, 9.17) is 0 Å². The first-order valence-electron chi connectivity index (χ1n) is 9.68. The highest BCUT2D eigenvalue weighted by atomic mass is 32.2. The molecule has 13 heteroatoms. The van der Waals surface area contributed by atoms with Crippen LogP contribution in [0.15, 0.2) is 11.8 Å². The second-order valence-corrected chi connectivity index (χ2v) is 8.76. The van der Waals surface area contributed by atoms with Gasteiger partial charge in [0.05, 0.1) is 4.11 Å². The van der Waals surface area contributed by atoms with Gasteiger partial charge in [-0.15, -0.1) is 4.39 Å². The molecule has 0 aromatic carbocycles. The van der Waals surface area contributed by atoms with Gasteiger partial charge >= 0.3 is 33.9 Å². The lowest BCUT2D eigenvalue weighted by molar-refractivity contribution is -1.01. The number of quaternary nitrogens is 1. The minimum Gasteiger partial charge on any atom is -0.698 e. The Hall–Kier alpha value is -0.950. The molecule has 178 valence electrons. The number of alkyl halides is 5. The van der Waals surface area contributed by atoms with Crippen LogP contribution in [0.2, 0.25) is 0 Å². The van der Waals surface area contributed by atoms with Gasteiger partial charge in [0.1, 0.15) is 0 Å². The quantitative estimate of drug-likeness (QED) is 0.106. The summed E-state index contributed by atoms with van der Waals surface area (Å²) in [6.07, 6.45) is 3.85. The van der Waals surface area contributed by atoms with Crippen LogP contribution in [0.25, 0.3) is 0 Å². The SMILES string of the molecule is CCCCCCCCCCCCC1(F)C(F)(F)C(F)(F)C(F)=C(F)[N+]1(F)S(=O)(=O)[O-]. The average Bonchev–Trinajstić information content (AvgIpc) is 2.65. The highest BCUT2D eigenvalue weighted by Gasteiger charge is 2.89. The van der Waals surface area contributed by atoms with Crippen LogP contribution in [0, 0.1) is 0 Å². The maximum absolute atomic E-state index is 14.9. The lowest BCUT2D eigenvalue weighted by atomic mass is 9.90. The third kappa shape index (κ3) is 4.47. The van der Waals surface area contributed by atoms with Crippen LogP contribution >= 0.6 is 0 Å². The molecule has 2 unspecified atom stereocenters. The predicted molar refractivity (Wildman–Crippen MR) is 90.5 cm³/mol. The minimum atomic E-state index is -7.04. The number of hydrogen-bond acceptors (Lipinski definition) is 3. The predicted octanol–water partition coefficient (Wildman–Crippen LogP) is 6.52. The summed E-state index contributed by atoms with van der Waals surface area (Å²) in [7, 11) is -7.04. The average molecular weight is 475 g/mol. The van der Waals surface area contributed by atoms with Crippen LogP contribution in [-0.4, -0.2) is 34.7 Å².